The van der Waals surface area contributed by atoms with E-state index in [1.807, 2.05) is 37.3 Å². The quantitative estimate of drug-likeness (QED) is 0.405. The van der Waals surface area contributed by atoms with Crippen LogP contribution < -0.4 is 16.0 Å². The molecular weight excluding hydrogens is 378 g/mol. The molecule has 5 nitrogen and oxygen atoms in total. The number of rotatable bonds is 6. The van der Waals surface area contributed by atoms with Crippen molar-refractivity contribution in [3.8, 4) is 6.07 Å². The number of hydrogen-bond acceptors (Lipinski definition) is 4. The molecule has 1 aromatic heterocycles. The Bertz CT molecular complexity index is 1080. The number of aryl methyl sites for hydroxylation is 3. The molecule has 3 N–H and O–H groups in total. The Morgan fingerprint density at radius 2 is 1.90 bits per heavy atom. The van der Waals surface area contributed by atoms with Crippen LogP contribution in [0, 0.1) is 32.1 Å². The Morgan fingerprint density at radius 1 is 1.07 bits per heavy atom. The maximum absolute atomic E-state index is 9.43. The topological polar surface area (TPSA) is 72.8 Å². The van der Waals surface area contributed by atoms with Gasteiger partial charge in [0.15, 0.2) is 5.11 Å². The van der Waals surface area contributed by atoms with E-state index in [1.165, 1.54) is 5.56 Å². The maximum atomic E-state index is 9.43. The molecule has 0 bridgehead atoms. The standard InChI is InChI=1S/C23H25N5S/c1-15-8-9-20(17(3)12-15)27-23(29)26-11-5-10-25-22-19(14-24)13-18-7-4-6-16(2)21(18)28-22/h4,6-9,12-13H,5,10-11H2,1-3H3,(H,25,28)(H2,26,27,29). The molecule has 0 saturated heterocycles. The van der Waals surface area contributed by atoms with Crippen molar-refractivity contribution >= 4 is 39.7 Å². The van der Waals surface area contributed by atoms with Crippen LogP contribution in [-0.4, -0.2) is 23.2 Å². The molecule has 3 rings (SSSR count). The third-order valence-electron chi connectivity index (χ3n) is 4.73. The lowest BCUT2D eigenvalue weighted by Gasteiger charge is -2.13. The van der Waals surface area contributed by atoms with Gasteiger partial charge in [-0.05, 0) is 62.7 Å². The maximum Gasteiger partial charge on any atom is 0.170 e. The molecule has 2 aromatic carbocycles. The number of nitrogens with zero attached hydrogens (tertiary/aromatic N) is 2. The van der Waals surface area contributed by atoms with Crippen molar-refractivity contribution in [3.63, 3.8) is 0 Å². The first-order valence-corrected chi connectivity index (χ1v) is 10.0. The minimum Gasteiger partial charge on any atom is -0.369 e. The fourth-order valence-electron chi connectivity index (χ4n) is 3.18. The summed E-state index contributed by atoms with van der Waals surface area (Å²) in [5.41, 5.74) is 5.99. The summed E-state index contributed by atoms with van der Waals surface area (Å²) in [5, 5.41) is 20.8. The zero-order valence-electron chi connectivity index (χ0n) is 17.0. The van der Waals surface area contributed by atoms with Crippen molar-refractivity contribution in [2.75, 3.05) is 23.7 Å². The number of nitriles is 1. The van der Waals surface area contributed by atoms with E-state index in [0.29, 0.717) is 23.0 Å². The second-order valence-electron chi connectivity index (χ2n) is 7.12. The molecule has 0 aliphatic rings. The lowest BCUT2D eigenvalue weighted by molar-refractivity contribution is 0.807. The van der Waals surface area contributed by atoms with Crippen LogP contribution in [0.3, 0.4) is 0 Å². The Morgan fingerprint density at radius 3 is 2.66 bits per heavy atom. The van der Waals surface area contributed by atoms with E-state index in [2.05, 4.69) is 53.0 Å². The molecule has 0 unspecified atom stereocenters. The fraction of sp³-hybridized carbons (Fsp3) is 0.261. The molecule has 0 amide bonds. The van der Waals surface area contributed by atoms with Gasteiger partial charge in [0.05, 0.1) is 11.1 Å². The van der Waals surface area contributed by atoms with Gasteiger partial charge in [0.1, 0.15) is 11.9 Å². The third kappa shape index (κ3) is 5.21. The van der Waals surface area contributed by atoms with Crippen LogP contribution in [0.1, 0.15) is 28.7 Å². The SMILES string of the molecule is Cc1ccc(NC(=S)NCCCNc2nc3c(C)cccc3cc2C#N)c(C)c1. The van der Waals surface area contributed by atoms with Gasteiger partial charge in [-0.2, -0.15) is 5.26 Å². The van der Waals surface area contributed by atoms with Gasteiger partial charge in [0.2, 0.25) is 0 Å². The number of aromatic nitrogens is 1. The first-order chi connectivity index (χ1) is 14.0. The number of pyridine rings is 1. The molecule has 0 aliphatic carbocycles. The number of hydrogen-bond donors (Lipinski definition) is 3. The predicted molar refractivity (Wildman–Crippen MR) is 124 cm³/mol. The molecule has 29 heavy (non-hydrogen) atoms. The van der Waals surface area contributed by atoms with Gasteiger partial charge in [0.25, 0.3) is 0 Å². The van der Waals surface area contributed by atoms with E-state index in [9.17, 15) is 5.26 Å². The van der Waals surface area contributed by atoms with E-state index in [1.54, 1.807) is 0 Å². The normalized spacial score (nSPS) is 10.4. The zero-order valence-corrected chi connectivity index (χ0v) is 17.8. The van der Waals surface area contributed by atoms with Gasteiger partial charge in [-0.25, -0.2) is 4.98 Å². The van der Waals surface area contributed by atoms with E-state index in [-0.39, 0.29) is 0 Å². The van der Waals surface area contributed by atoms with Crippen LogP contribution in [0.4, 0.5) is 11.5 Å². The van der Waals surface area contributed by atoms with Crippen molar-refractivity contribution in [2.45, 2.75) is 27.2 Å². The van der Waals surface area contributed by atoms with Crippen molar-refractivity contribution < 1.29 is 0 Å². The van der Waals surface area contributed by atoms with Crippen LogP contribution in [-0.2, 0) is 0 Å². The van der Waals surface area contributed by atoms with Crippen LogP contribution in [0.5, 0.6) is 0 Å². The highest BCUT2D eigenvalue weighted by Crippen LogP contribution is 2.22. The van der Waals surface area contributed by atoms with Crippen LogP contribution in [0.15, 0.2) is 42.5 Å². The second-order valence-corrected chi connectivity index (χ2v) is 7.53. The lowest BCUT2D eigenvalue weighted by atomic mass is 10.1. The Hall–Kier alpha value is -3.17. The summed E-state index contributed by atoms with van der Waals surface area (Å²) in [5.74, 6) is 0.630. The smallest absolute Gasteiger partial charge is 0.170 e. The summed E-state index contributed by atoms with van der Waals surface area (Å²) in [4.78, 5) is 4.66. The first-order valence-electron chi connectivity index (χ1n) is 9.64. The van der Waals surface area contributed by atoms with Gasteiger partial charge in [-0.3, -0.25) is 0 Å². The second kappa shape index (κ2) is 9.35. The Labute approximate surface area is 177 Å². The van der Waals surface area contributed by atoms with E-state index >= 15 is 0 Å². The highest BCUT2D eigenvalue weighted by molar-refractivity contribution is 7.80. The largest absolute Gasteiger partial charge is 0.369 e. The molecule has 0 spiro atoms. The minimum absolute atomic E-state index is 0.558. The lowest BCUT2D eigenvalue weighted by Crippen LogP contribution is -2.30. The molecule has 148 valence electrons. The average molecular weight is 404 g/mol. The van der Waals surface area contributed by atoms with E-state index in [4.69, 9.17) is 12.2 Å². The highest BCUT2D eigenvalue weighted by Gasteiger charge is 2.08. The Balaban J connectivity index is 1.51. The molecular formula is C23H25N5S. The molecule has 3 aromatic rings. The van der Waals surface area contributed by atoms with Gasteiger partial charge in [0, 0.05) is 24.2 Å². The molecule has 0 aliphatic heterocycles. The van der Waals surface area contributed by atoms with Crippen molar-refractivity contribution in [3.05, 3.63) is 64.7 Å². The van der Waals surface area contributed by atoms with Crippen LogP contribution in [0.2, 0.25) is 0 Å². The Kier molecular flexibility index (Phi) is 6.63. The molecule has 6 heteroatoms. The molecule has 0 atom stereocenters. The number of benzene rings is 2. The number of fused-ring (bicyclic) bond motifs is 1. The number of para-hydroxylation sites is 1. The highest BCUT2D eigenvalue weighted by atomic mass is 32.1. The molecule has 0 radical (unpaired) electrons. The van der Waals surface area contributed by atoms with E-state index < -0.39 is 0 Å². The summed E-state index contributed by atoms with van der Waals surface area (Å²) in [6.07, 6.45) is 0.840. The predicted octanol–water partition coefficient (Wildman–Crippen LogP) is 4.82. The fourth-order valence-corrected chi connectivity index (χ4v) is 3.40. The summed E-state index contributed by atoms with van der Waals surface area (Å²) in [6.45, 7) is 7.58. The van der Waals surface area contributed by atoms with Crippen LogP contribution in [0.25, 0.3) is 10.9 Å². The van der Waals surface area contributed by atoms with Crippen molar-refractivity contribution in [1.29, 1.82) is 5.26 Å². The monoisotopic (exact) mass is 403 g/mol. The summed E-state index contributed by atoms with van der Waals surface area (Å²) >= 11 is 5.38. The van der Waals surface area contributed by atoms with Crippen molar-refractivity contribution in [2.24, 2.45) is 0 Å². The minimum atomic E-state index is 0.558. The van der Waals surface area contributed by atoms with Gasteiger partial charge in [-0.15, -0.1) is 0 Å². The van der Waals surface area contributed by atoms with Gasteiger partial charge < -0.3 is 16.0 Å². The summed E-state index contributed by atoms with van der Waals surface area (Å²) in [7, 11) is 0. The summed E-state index contributed by atoms with van der Waals surface area (Å²) in [6, 6.07) is 16.3. The summed E-state index contributed by atoms with van der Waals surface area (Å²) < 4.78 is 0. The number of thiocarbonyl (C=S) groups is 1. The third-order valence-corrected chi connectivity index (χ3v) is 4.98. The first kappa shape index (κ1) is 20.6. The molecule has 0 fully saturated rings. The number of nitrogens with one attached hydrogen (secondary N) is 3. The zero-order chi connectivity index (χ0) is 20.8. The average Bonchev–Trinajstić information content (AvgIpc) is 2.70. The van der Waals surface area contributed by atoms with Crippen LogP contribution >= 0.6 is 12.2 Å². The molecule has 1 heterocycles. The molecule has 0 saturated carbocycles. The number of anilines is 2. The van der Waals surface area contributed by atoms with Gasteiger partial charge >= 0.3 is 0 Å². The van der Waals surface area contributed by atoms with E-state index in [0.717, 1.165) is 40.7 Å². The van der Waals surface area contributed by atoms with Gasteiger partial charge in [-0.1, -0.05) is 35.9 Å². The van der Waals surface area contributed by atoms with Crippen molar-refractivity contribution in [1.82, 2.24) is 10.3 Å².